The van der Waals surface area contributed by atoms with Crippen molar-refractivity contribution in [3.63, 3.8) is 0 Å². The number of pyridine rings is 1. The molecule has 0 unspecified atom stereocenters. The first-order valence-corrected chi connectivity index (χ1v) is 4.42. The summed E-state index contributed by atoms with van der Waals surface area (Å²) in [4.78, 5) is 4.09. The van der Waals surface area contributed by atoms with Crippen LogP contribution in [0.25, 0.3) is 12.2 Å². The van der Waals surface area contributed by atoms with Crippen LogP contribution in [0.4, 0.5) is 0 Å². The fraction of sp³-hybridized carbons (Fsp3) is 0.250. The molecule has 0 amide bonds. The number of hydrogen-bond acceptors (Lipinski definition) is 1. The number of allylic oxidation sites excluding steroid dienone is 1. The van der Waals surface area contributed by atoms with Crippen molar-refractivity contribution in [2.24, 2.45) is 5.92 Å². The maximum Gasteiger partial charge on any atom is 0.0348 e. The summed E-state index contributed by atoms with van der Waals surface area (Å²) < 4.78 is 0. The molecule has 1 rings (SSSR count). The monoisotopic (exact) mass is 173 g/mol. The molecule has 68 valence electrons. The van der Waals surface area contributed by atoms with Crippen LogP contribution in [0, 0.1) is 5.92 Å². The Morgan fingerprint density at radius 2 is 2.23 bits per heavy atom. The molecule has 0 aromatic carbocycles. The highest BCUT2D eigenvalue weighted by Gasteiger charge is 1.99. The van der Waals surface area contributed by atoms with Gasteiger partial charge in [-0.05, 0) is 22.8 Å². The van der Waals surface area contributed by atoms with Crippen molar-refractivity contribution in [1.29, 1.82) is 0 Å². The van der Waals surface area contributed by atoms with E-state index >= 15 is 0 Å². The average Bonchev–Trinajstić information content (AvgIpc) is 2.09. The lowest BCUT2D eigenvalue weighted by atomic mass is 10.0. The maximum absolute atomic E-state index is 4.09. The molecule has 1 heterocycles. The van der Waals surface area contributed by atoms with Gasteiger partial charge >= 0.3 is 0 Å². The molecule has 0 fully saturated rings. The van der Waals surface area contributed by atoms with E-state index < -0.39 is 0 Å². The lowest BCUT2D eigenvalue weighted by Crippen LogP contribution is -2.26. The zero-order chi connectivity index (χ0) is 9.84. The molecule has 13 heavy (non-hydrogen) atoms. The minimum atomic E-state index is 0.460. The Bertz CT molecular complexity index is 401. The summed E-state index contributed by atoms with van der Waals surface area (Å²) in [5.41, 5.74) is 1.21. The molecule has 0 aliphatic heterocycles. The van der Waals surface area contributed by atoms with E-state index in [0.717, 1.165) is 10.4 Å². The third-order valence-electron chi connectivity index (χ3n) is 2.06. The van der Waals surface area contributed by atoms with E-state index in [1.54, 1.807) is 6.20 Å². The Kier molecular flexibility index (Phi) is 3.02. The van der Waals surface area contributed by atoms with Crippen LogP contribution in [0.2, 0.25) is 0 Å². The van der Waals surface area contributed by atoms with E-state index in [-0.39, 0.29) is 0 Å². The molecule has 0 saturated heterocycles. The lowest BCUT2D eigenvalue weighted by Gasteiger charge is -2.05. The molecular weight excluding hydrogens is 158 g/mol. The van der Waals surface area contributed by atoms with Crippen molar-refractivity contribution in [3.8, 4) is 0 Å². The van der Waals surface area contributed by atoms with Gasteiger partial charge < -0.3 is 0 Å². The Morgan fingerprint density at radius 1 is 1.54 bits per heavy atom. The first kappa shape index (κ1) is 9.72. The molecule has 0 atom stereocenters. The fourth-order valence-corrected chi connectivity index (χ4v) is 1.34. The molecular formula is C12H15N. The van der Waals surface area contributed by atoms with Gasteiger partial charge in [0, 0.05) is 17.6 Å². The van der Waals surface area contributed by atoms with E-state index in [4.69, 9.17) is 0 Å². The van der Waals surface area contributed by atoms with Crippen LogP contribution in [0.1, 0.15) is 13.8 Å². The lowest BCUT2D eigenvalue weighted by molar-refractivity contribution is 0.854. The summed E-state index contributed by atoms with van der Waals surface area (Å²) in [5, 5.41) is 2.12. The highest BCUT2D eigenvalue weighted by atomic mass is 14.6. The molecule has 1 nitrogen and oxygen atoms in total. The van der Waals surface area contributed by atoms with E-state index in [9.17, 15) is 0 Å². The van der Waals surface area contributed by atoms with Gasteiger partial charge in [-0.25, -0.2) is 0 Å². The van der Waals surface area contributed by atoms with Crippen molar-refractivity contribution in [2.45, 2.75) is 13.8 Å². The molecule has 0 aliphatic carbocycles. The molecule has 0 aliphatic rings. The standard InChI is InChI=1S/C12H15N/c1-5-11(9(2)3)12-8-13-7-6-10(12)4/h5-9H,1,4H2,2-3H3/b12-11+. The van der Waals surface area contributed by atoms with Crippen LogP contribution < -0.4 is 10.4 Å². The van der Waals surface area contributed by atoms with Gasteiger partial charge in [0.2, 0.25) is 0 Å². The summed E-state index contributed by atoms with van der Waals surface area (Å²) in [6.45, 7) is 12.1. The zero-order valence-corrected chi connectivity index (χ0v) is 8.25. The smallest absolute Gasteiger partial charge is 0.0348 e. The largest absolute Gasteiger partial charge is 0.264 e. The van der Waals surface area contributed by atoms with Crippen molar-refractivity contribution < 1.29 is 0 Å². The minimum absolute atomic E-state index is 0.460. The van der Waals surface area contributed by atoms with Crippen LogP contribution in [0.3, 0.4) is 0 Å². The summed E-state index contributed by atoms with van der Waals surface area (Å²) in [5.74, 6) is 0.460. The van der Waals surface area contributed by atoms with E-state index in [1.165, 1.54) is 5.57 Å². The minimum Gasteiger partial charge on any atom is -0.264 e. The van der Waals surface area contributed by atoms with Crippen LogP contribution in [0.5, 0.6) is 0 Å². The first-order chi connectivity index (χ1) is 6.16. The van der Waals surface area contributed by atoms with Crippen molar-refractivity contribution in [2.75, 3.05) is 0 Å². The molecule has 0 saturated carbocycles. The second-order valence-corrected chi connectivity index (χ2v) is 3.35. The van der Waals surface area contributed by atoms with Crippen molar-refractivity contribution in [1.82, 2.24) is 4.98 Å². The summed E-state index contributed by atoms with van der Waals surface area (Å²) in [6.07, 6.45) is 5.49. The highest BCUT2D eigenvalue weighted by Crippen LogP contribution is 2.08. The molecule has 0 N–H and O–H groups in total. The summed E-state index contributed by atoms with van der Waals surface area (Å²) >= 11 is 0. The molecule has 1 aromatic rings. The van der Waals surface area contributed by atoms with Gasteiger partial charge in [-0.1, -0.05) is 33.1 Å². The predicted octanol–water partition coefficient (Wildman–Crippen LogP) is 1.48. The Hall–Kier alpha value is -1.37. The normalized spacial score (nSPS) is 12.8. The van der Waals surface area contributed by atoms with E-state index in [2.05, 4.69) is 32.0 Å². The Morgan fingerprint density at radius 3 is 2.69 bits per heavy atom. The third-order valence-corrected chi connectivity index (χ3v) is 2.06. The highest BCUT2D eigenvalue weighted by molar-refractivity contribution is 5.57. The van der Waals surface area contributed by atoms with Gasteiger partial charge in [0.05, 0.1) is 0 Å². The fourth-order valence-electron chi connectivity index (χ4n) is 1.34. The Labute approximate surface area is 79.1 Å². The summed E-state index contributed by atoms with van der Waals surface area (Å²) in [7, 11) is 0. The van der Waals surface area contributed by atoms with Gasteiger partial charge in [-0.15, -0.1) is 0 Å². The second-order valence-electron chi connectivity index (χ2n) is 3.35. The number of rotatable bonds is 2. The first-order valence-electron chi connectivity index (χ1n) is 4.42. The van der Waals surface area contributed by atoms with Gasteiger partial charge in [0.15, 0.2) is 0 Å². The topological polar surface area (TPSA) is 12.9 Å². The third kappa shape index (κ3) is 2.05. The quantitative estimate of drug-likeness (QED) is 0.660. The van der Waals surface area contributed by atoms with Crippen LogP contribution in [-0.4, -0.2) is 4.98 Å². The molecule has 1 aromatic heterocycles. The van der Waals surface area contributed by atoms with Crippen molar-refractivity contribution in [3.05, 3.63) is 41.6 Å². The molecule has 1 heteroatoms. The number of nitrogens with zero attached hydrogens (tertiary/aromatic N) is 1. The van der Waals surface area contributed by atoms with Crippen molar-refractivity contribution >= 4 is 12.2 Å². The Balaban J connectivity index is 3.55. The van der Waals surface area contributed by atoms with Crippen LogP contribution >= 0.6 is 0 Å². The van der Waals surface area contributed by atoms with Gasteiger partial charge in [0.25, 0.3) is 0 Å². The second kappa shape index (κ2) is 4.04. The zero-order valence-electron chi connectivity index (χ0n) is 8.25. The van der Waals surface area contributed by atoms with Gasteiger partial charge in [-0.2, -0.15) is 0 Å². The van der Waals surface area contributed by atoms with Gasteiger partial charge in [-0.3, -0.25) is 4.98 Å². The van der Waals surface area contributed by atoms with Crippen LogP contribution in [-0.2, 0) is 0 Å². The molecule has 0 radical (unpaired) electrons. The maximum atomic E-state index is 4.09. The van der Waals surface area contributed by atoms with Gasteiger partial charge in [0.1, 0.15) is 0 Å². The van der Waals surface area contributed by atoms with E-state index in [0.29, 0.717) is 5.92 Å². The molecule has 0 bridgehead atoms. The van der Waals surface area contributed by atoms with Crippen LogP contribution in [0.15, 0.2) is 31.1 Å². The SMILES string of the molecule is C=C/C(=c1/cnccc1=C)C(C)C. The number of aromatic nitrogens is 1. The average molecular weight is 173 g/mol. The number of hydrogen-bond donors (Lipinski definition) is 0. The van der Waals surface area contributed by atoms with E-state index in [1.807, 2.05) is 18.3 Å². The predicted molar refractivity (Wildman–Crippen MR) is 57.5 cm³/mol. The summed E-state index contributed by atoms with van der Waals surface area (Å²) in [6, 6.07) is 1.92. The molecule has 0 spiro atoms.